The number of benzene rings is 2. The fourth-order valence-corrected chi connectivity index (χ4v) is 5.23. The molecule has 0 radical (unpaired) electrons. The van der Waals surface area contributed by atoms with Gasteiger partial charge in [0.15, 0.2) is 0 Å². The molecule has 0 unspecified atom stereocenters. The second-order valence-electron chi connectivity index (χ2n) is 7.26. The van der Waals surface area contributed by atoms with Crippen LogP contribution in [0.25, 0.3) is 5.57 Å². The largest absolute Gasteiger partial charge is 0.369 e. The van der Waals surface area contributed by atoms with E-state index in [1.54, 1.807) is 18.2 Å². The Kier molecular flexibility index (Phi) is 4.72. The van der Waals surface area contributed by atoms with Gasteiger partial charge in [-0.25, -0.2) is 8.42 Å². The normalized spacial score (nSPS) is 17.4. The molecule has 0 spiro atoms. The lowest BCUT2D eigenvalue weighted by atomic mass is 10.0. The van der Waals surface area contributed by atoms with Crippen LogP contribution in [0.15, 0.2) is 59.0 Å². The number of carbonyl (C=O) groups excluding carboxylic acids is 1. The summed E-state index contributed by atoms with van der Waals surface area (Å²) in [6, 6.07) is 14.9. The van der Waals surface area contributed by atoms with Gasteiger partial charge < -0.3 is 10.2 Å². The number of sulfonamides is 1. The van der Waals surface area contributed by atoms with Crippen molar-refractivity contribution in [3.8, 4) is 0 Å². The van der Waals surface area contributed by atoms with E-state index in [0.717, 1.165) is 11.3 Å². The number of anilines is 2. The molecular weight excluding hydrogens is 374 g/mol. The van der Waals surface area contributed by atoms with Crippen LogP contribution in [0.2, 0.25) is 0 Å². The maximum absolute atomic E-state index is 13.2. The minimum atomic E-state index is -3.61. The smallest absolute Gasteiger partial charge is 0.256 e. The second-order valence-corrected chi connectivity index (χ2v) is 9.20. The maximum atomic E-state index is 13.2. The lowest BCUT2D eigenvalue weighted by Crippen LogP contribution is -2.48. The van der Waals surface area contributed by atoms with Gasteiger partial charge in [-0.1, -0.05) is 23.8 Å². The number of hydrogen-bond donors (Lipinski definition) is 1. The van der Waals surface area contributed by atoms with E-state index in [-0.39, 0.29) is 10.8 Å². The number of rotatable bonds is 3. The zero-order valence-electron chi connectivity index (χ0n) is 16.0. The molecule has 1 saturated heterocycles. The third-order valence-corrected chi connectivity index (χ3v) is 7.13. The highest BCUT2D eigenvalue weighted by molar-refractivity contribution is 7.89. The molecule has 0 aliphatic carbocycles. The molecule has 0 bridgehead atoms. The molecule has 2 aliphatic rings. The summed E-state index contributed by atoms with van der Waals surface area (Å²) < 4.78 is 27.9. The summed E-state index contributed by atoms with van der Waals surface area (Å²) in [5.41, 5.74) is 3.85. The first kappa shape index (κ1) is 18.7. The Labute approximate surface area is 165 Å². The lowest BCUT2D eigenvalue weighted by Gasteiger charge is -2.35. The molecule has 0 atom stereocenters. The Hall–Kier alpha value is -2.64. The van der Waals surface area contributed by atoms with Crippen molar-refractivity contribution in [3.63, 3.8) is 0 Å². The first-order chi connectivity index (χ1) is 13.4. The molecule has 6 nitrogen and oxygen atoms in total. The average molecular weight is 398 g/mol. The van der Waals surface area contributed by atoms with E-state index in [2.05, 4.69) is 10.2 Å². The Morgan fingerprint density at radius 1 is 0.964 bits per heavy atom. The quantitative estimate of drug-likeness (QED) is 0.809. The Balaban J connectivity index is 1.57. The molecule has 2 aliphatic heterocycles. The average Bonchev–Trinajstić information content (AvgIpc) is 3.04. The van der Waals surface area contributed by atoms with Gasteiger partial charge in [0.2, 0.25) is 10.0 Å². The molecule has 4 rings (SSSR count). The maximum Gasteiger partial charge on any atom is 0.256 e. The Morgan fingerprint density at radius 3 is 2.29 bits per heavy atom. The minimum Gasteiger partial charge on any atom is -0.369 e. The number of nitrogens with zero attached hydrogens (tertiary/aromatic N) is 2. The van der Waals surface area contributed by atoms with Crippen LogP contribution in [0, 0.1) is 0 Å². The lowest BCUT2D eigenvalue weighted by molar-refractivity contribution is -0.110. The molecule has 28 heavy (non-hydrogen) atoms. The molecule has 1 fully saturated rings. The zero-order valence-corrected chi connectivity index (χ0v) is 16.8. The van der Waals surface area contributed by atoms with E-state index in [1.165, 1.54) is 4.31 Å². The van der Waals surface area contributed by atoms with Crippen LogP contribution < -0.4 is 10.2 Å². The molecule has 0 saturated carbocycles. The third kappa shape index (κ3) is 3.21. The second kappa shape index (κ2) is 7.07. The van der Waals surface area contributed by atoms with Crippen LogP contribution in [0.4, 0.5) is 11.4 Å². The number of hydrogen-bond acceptors (Lipinski definition) is 4. The molecule has 0 aromatic heterocycles. The monoisotopic (exact) mass is 397 g/mol. The van der Waals surface area contributed by atoms with Gasteiger partial charge >= 0.3 is 0 Å². The Morgan fingerprint density at radius 2 is 1.64 bits per heavy atom. The predicted octanol–water partition coefficient (Wildman–Crippen LogP) is 2.94. The van der Waals surface area contributed by atoms with Gasteiger partial charge in [0.1, 0.15) is 0 Å². The van der Waals surface area contributed by atoms with Gasteiger partial charge in [0.05, 0.1) is 4.90 Å². The molecule has 7 heteroatoms. The highest BCUT2D eigenvalue weighted by Crippen LogP contribution is 2.36. The number of allylic oxidation sites excluding steroid dienone is 1. The summed E-state index contributed by atoms with van der Waals surface area (Å²) in [7, 11) is -3.61. The summed E-state index contributed by atoms with van der Waals surface area (Å²) >= 11 is 0. The molecule has 1 N–H and O–H groups in total. The number of amides is 1. The van der Waals surface area contributed by atoms with Crippen LogP contribution in [0.5, 0.6) is 0 Å². The molecule has 146 valence electrons. The molecule has 1 amide bonds. The van der Waals surface area contributed by atoms with Gasteiger partial charge in [-0.05, 0) is 44.2 Å². The summed E-state index contributed by atoms with van der Waals surface area (Å²) in [5, 5.41) is 2.80. The van der Waals surface area contributed by atoms with Crippen molar-refractivity contribution in [1.82, 2.24) is 4.31 Å². The highest BCUT2D eigenvalue weighted by Gasteiger charge is 2.31. The van der Waals surface area contributed by atoms with Crippen molar-refractivity contribution in [1.29, 1.82) is 0 Å². The third-order valence-electron chi connectivity index (χ3n) is 5.23. The summed E-state index contributed by atoms with van der Waals surface area (Å²) in [5.74, 6) is -0.180. The van der Waals surface area contributed by atoms with Crippen molar-refractivity contribution >= 4 is 32.9 Å². The van der Waals surface area contributed by atoms with Crippen LogP contribution in [0.3, 0.4) is 0 Å². The summed E-state index contributed by atoms with van der Waals surface area (Å²) in [4.78, 5) is 14.6. The molecule has 2 aromatic carbocycles. The molecule has 2 aromatic rings. The summed E-state index contributed by atoms with van der Waals surface area (Å²) in [6.45, 7) is 5.87. The van der Waals surface area contributed by atoms with E-state index in [9.17, 15) is 13.2 Å². The van der Waals surface area contributed by atoms with Crippen molar-refractivity contribution in [2.24, 2.45) is 0 Å². The number of fused-ring (bicyclic) bond motifs is 1. The van der Waals surface area contributed by atoms with Crippen LogP contribution in [-0.2, 0) is 14.8 Å². The van der Waals surface area contributed by atoms with Crippen LogP contribution in [-0.4, -0.2) is 44.8 Å². The molecule has 2 heterocycles. The van der Waals surface area contributed by atoms with E-state index in [4.69, 9.17) is 0 Å². The van der Waals surface area contributed by atoms with E-state index < -0.39 is 10.0 Å². The van der Waals surface area contributed by atoms with Gasteiger partial charge in [-0.3, -0.25) is 4.79 Å². The SMILES string of the molecule is CC(C)=C1C(=O)Nc2ccc(S(=O)(=O)N3CCN(c4ccccc4)CC3)cc21. The number of nitrogens with one attached hydrogen (secondary N) is 1. The number of piperazine rings is 1. The zero-order chi connectivity index (χ0) is 19.9. The van der Waals surface area contributed by atoms with Crippen molar-refractivity contribution in [2.75, 3.05) is 36.4 Å². The Bertz CT molecular complexity index is 1050. The van der Waals surface area contributed by atoms with Crippen molar-refractivity contribution < 1.29 is 13.2 Å². The van der Waals surface area contributed by atoms with E-state index >= 15 is 0 Å². The summed E-state index contributed by atoms with van der Waals surface area (Å²) in [6.07, 6.45) is 0. The van der Waals surface area contributed by atoms with Gasteiger partial charge in [-0.2, -0.15) is 4.31 Å². The van der Waals surface area contributed by atoms with Crippen LogP contribution in [0.1, 0.15) is 19.4 Å². The first-order valence-corrected chi connectivity index (χ1v) is 10.8. The topological polar surface area (TPSA) is 69.7 Å². The van der Waals surface area contributed by atoms with Crippen molar-refractivity contribution in [2.45, 2.75) is 18.7 Å². The standard InChI is InChI=1S/C21H23N3O3S/c1-15(2)20-18-14-17(8-9-19(18)22-21(20)25)28(26,27)24-12-10-23(11-13-24)16-6-4-3-5-7-16/h3-9,14H,10-13H2,1-2H3,(H,22,25). The fourth-order valence-electron chi connectivity index (χ4n) is 3.78. The van der Waals surface area contributed by atoms with Gasteiger partial charge in [-0.15, -0.1) is 0 Å². The van der Waals surface area contributed by atoms with E-state index in [1.807, 2.05) is 44.2 Å². The first-order valence-electron chi connectivity index (χ1n) is 9.31. The number of carbonyl (C=O) groups is 1. The fraction of sp³-hybridized carbons (Fsp3) is 0.286. The van der Waals surface area contributed by atoms with E-state index in [0.29, 0.717) is 43.0 Å². The van der Waals surface area contributed by atoms with Gasteiger partial charge in [0.25, 0.3) is 5.91 Å². The predicted molar refractivity (Wildman–Crippen MR) is 111 cm³/mol. The van der Waals surface area contributed by atoms with Crippen molar-refractivity contribution in [3.05, 3.63) is 59.7 Å². The molecular formula is C21H23N3O3S. The van der Waals surface area contributed by atoms with Crippen LogP contribution >= 0.6 is 0 Å². The highest BCUT2D eigenvalue weighted by atomic mass is 32.2. The number of para-hydroxylation sites is 1. The van der Waals surface area contributed by atoms with Gasteiger partial charge in [0, 0.05) is 48.7 Å². The minimum absolute atomic E-state index is 0.180.